The van der Waals surface area contributed by atoms with Crippen LogP contribution in [0.15, 0.2) is 60.7 Å². The molecule has 176 valence electrons. The maximum absolute atomic E-state index is 13.2. The number of para-hydroxylation sites is 1. The van der Waals surface area contributed by atoms with E-state index in [0.717, 1.165) is 11.3 Å². The lowest BCUT2D eigenvalue weighted by Gasteiger charge is -2.35. The molecule has 3 N–H and O–H groups in total. The smallest absolute Gasteiger partial charge is 0.251 e. The number of nitrogens with zero attached hydrogens (tertiary/aromatic N) is 2. The number of rotatable bonds is 7. The number of carbonyl (C=O) groups excluding carboxylic acids is 2. The third-order valence-corrected chi connectivity index (χ3v) is 5.66. The van der Waals surface area contributed by atoms with E-state index in [2.05, 4.69) is 10.3 Å². The highest BCUT2D eigenvalue weighted by atomic mass is 16.6. The molecular formula is C25H26N4O5. The van der Waals surface area contributed by atoms with E-state index in [1.165, 1.54) is 11.8 Å². The van der Waals surface area contributed by atoms with Crippen LogP contribution in [0.4, 0.5) is 5.69 Å². The van der Waals surface area contributed by atoms with Gasteiger partial charge in [-0.15, -0.1) is 0 Å². The van der Waals surface area contributed by atoms with Gasteiger partial charge in [0.1, 0.15) is 24.1 Å². The first-order chi connectivity index (χ1) is 16.5. The van der Waals surface area contributed by atoms with Crippen LogP contribution in [-0.2, 0) is 22.6 Å². The molecule has 0 saturated carbocycles. The third kappa shape index (κ3) is 4.94. The van der Waals surface area contributed by atoms with Gasteiger partial charge in [-0.05, 0) is 36.4 Å². The zero-order valence-electron chi connectivity index (χ0n) is 19.0. The zero-order valence-corrected chi connectivity index (χ0v) is 19.0. The van der Waals surface area contributed by atoms with Crippen LogP contribution >= 0.6 is 0 Å². The molecule has 1 aromatic heterocycles. The lowest BCUT2D eigenvalue weighted by molar-refractivity contribution is -0.137. The summed E-state index contributed by atoms with van der Waals surface area (Å²) in [6.45, 7) is 2.17. The second-order valence-corrected chi connectivity index (χ2v) is 7.78. The summed E-state index contributed by atoms with van der Waals surface area (Å²) in [6, 6.07) is 17.2. The molecule has 34 heavy (non-hydrogen) atoms. The number of amides is 2. The molecule has 2 aromatic carbocycles. The fraction of sp³-hybridized carbons (Fsp3) is 0.240. The van der Waals surface area contributed by atoms with Gasteiger partial charge in [0.25, 0.3) is 5.91 Å². The number of anilines is 1. The second-order valence-electron chi connectivity index (χ2n) is 7.78. The van der Waals surface area contributed by atoms with Crippen LogP contribution in [0.3, 0.4) is 0 Å². The van der Waals surface area contributed by atoms with Crippen molar-refractivity contribution in [2.45, 2.75) is 26.0 Å². The molecule has 0 unspecified atom stereocenters. The molecule has 0 fully saturated rings. The number of pyridine rings is 1. The van der Waals surface area contributed by atoms with Gasteiger partial charge in [-0.3, -0.25) is 9.59 Å². The zero-order chi connectivity index (χ0) is 24.1. The predicted octanol–water partition coefficient (Wildman–Crippen LogP) is 3.01. The number of nitrogens with one attached hydrogen (secondary N) is 1. The molecule has 0 radical (unpaired) electrons. The number of hydrogen-bond donors (Lipinski definition) is 2. The van der Waals surface area contributed by atoms with Gasteiger partial charge in [-0.25, -0.2) is 4.98 Å². The van der Waals surface area contributed by atoms with Gasteiger partial charge in [-0.1, -0.05) is 18.2 Å². The van der Waals surface area contributed by atoms with Crippen LogP contribution in [0.25, 0.3) is 0 Å². The van der Waals surface area contributed by atoms with E-state index in [9.17, 15) is 9.59 Å². The topological polar surface area (TPSA) is 116 Å². The summed E-state index contributed by atoms with van der Waals surface area (Å²) in [5, 5.41) is 2.89. The highest BCUT2D eigenvalue weighted by Gasteiger charge is 2.35. The standard InChI is InChI=1S/C25H26N4O5/c1-16(30)29-14-13-21-20(11-12-23(28-21)34-26)24(29)25(31)27-18-7-9-19(10-8-18)33-15-17-5-3-4-6-22(17)32-2/h3-12,24H,13-15,26H2,1-2H3,(H,27,31)/t24-/m1/s1. The number of aromatic nitrogens is 1. The Hall–Kier alpha value is -4.11. The fourth-order valence-corrected chi connectivity index (χ4v) is 3.98. The highest BCUT2D eigenvalue weighted by Crippen LogP contribution is 2.31. The minimum Gasteiger partial charge on any atom is -0.496 e. The van der Waals surface area contributed by atoms with Gasteiger partial charge in [0, 0.05) is 42.8 Å². The molecular weight excluding hydrogens is 436 g/mol. The van der Waals surface area contributed by atoms with Gasteiger partial charge >= 0.3 is 0 Å². The molecule has 4 rings (SSSR count). The van der Waals surface area contributed by atoms with Crippen molar-refractivity contribution in [3.8, 4) is 17.4 Å². The van der Waals surface area contributed by atoms with Crippen LogP contribution in [0.2, 0.25) is 0 Å². The summed E-state index contributed by atoms with van der Waals surface area (Å²) in [5.41, 5.74) is 2.84. The Morgan fingerprint density at radius 2 is 1.88 bits per heavy atom. The lowest BCUT2D eigenvalue weighted by Crippen LogP contribution is -2.44. The van der Waals surface area contributed by atoms with Crippen molar-refractivity contribution in [2.24, 2.45) is 5.90 Å². The van der Waals surface area contributed by atoms with Crippen LogP contribution < -0.4 is 25.5 Å². The van der Waals surface area contributed by atoms with Crippen molar-refractivity contribution in [3.63, 3.8) is 0 Å². The van der Waals surface area contributed by atoms with E-state index in [1.807, 2.05) is 24.3 Å². The van der Waals surface area contributed by atoms with E-state index < -0.39 is 6.04 Å². The molecule has 2 heterocycles. The SMILES string of the molecule is COc1ccccc1COc1ccc(NC(=O)[C@H]2c3ccc(ON)nc3CCN2C(C)=O)cc1. The molecule has 0 aliphatic carbocycles. The van der Waals surface area contributed by atoms with Crippen molar-refractivity contribution in [1.82, 2.24) is 9.88 Å². The van der Waals surface area contributed by atoms with Crippen molar-refractivity contribution in [2.75, 3.05) is 19.0 Å². The van der Waals surface area contributed by atoms with Gasteiger partial charge in [-0.2, -0.15) is 5.90 Å². The summed E-state index contributed by atoms with van der Waals surface area (Å²) < 4.78 is 11.2. The molecule has 9 heteroatoms. The molecule has 1 aliphatic rings. The van der Waals surface area contributed by atoms with Crippen LogP contribution in [0, 0.1) is 0 Å². The summed E-state index contributed by atoms with van der Waals surface area (Å²) in [5.74, 6) is 6.36. The number of methoxy groups -OCH3 is 1. The number of carbonyl (C=O) groups is 2. The molecule has 9 nitrogen and oxygen atoms in total. The molecule has 0 spiro atoms. The van der Waals surface area contributed by atoms with Gasteiger partial charge in [0.2, 0.25) is 11.8 Å². The monoisotopic (exact) mass is 462 g/mol. The molecule has 2 amide bonds. The number of hydrogen-bond acceptors (Lipinski definition) is 7. The van der Waals surface area contributed by atoms with Crippen LogP contribution in [-0.4, -0.2) is 35.4 Å². The van der Waals surface area contributed by atoms with Gasteiger partial charge in [0.15, 0.2) is 0 Å². The molecule has 0 saturated heterocycles. The van der Waals surface area contributed by atoms with E-state index in [0.29, 0.717) is 42.3 Å². The maximum Gasteiger partial charge on any atom is 0.251 e. The normalized spacial score (nSPS) is 14.7. The van der Waals surface area contributed by atoms with Crippen molar-refractivity contribution in [1.29, 1.82) is 0 Å². The Morgan fingerprint density at radius 3 is 2.59 bits per heavy atom. The van der Waals surface area contributed by atoms with E-state index in [4.69, 9.17) is 20.2 Å². The molecule has 0 bridgehead atoms. The molecule has 1 aliphatic heterocycles. The summed E-state index contributed by atoms with van der Waals surface area (Å²) in [7, 11) is 1.62. The Morgan fingerprint density at radius 1 is 1.12 bits per heavy atom. The predicted molar refractivity (Wildman–Crippen MR) is 125 cm³/mol. The van der Waals surface area contributed by atoms with E-state index in [1.54, 1.807) is 43.5 Å². The lowest BCUT2D eigenvalue weighted by atomic mass is 9.95. The van der Waals surface area contributed by atoms with Crippen molar-refractivity contribution in [3.05, 3.63) is 77.5 Å². The fourth-order valence-electron chi connectivity index (χ4n) is 3.98. The largest absolute Gasteiger partial charge is 0.496 e. The summed E-state index contributed by atoms with van der Waals surface area (Å²) >= 11 is 0. The Balaban J connectivity index is 1.47. The second kappa shape index (κ2) is 10.2. The first kappa shape index (κ1) is 23.1. The number of benzene rings is 2. The minimum absolute atomic E-state index is 0.190. The van der Waals surface area contributed by atoms with Crippen molar-refractivity contribution < 1.29 is 23.9 Å². The molecule has 3 aromatic rings. The van der Waals surface area contributed by atoms with Crippen LogP contribution in [0.5, 0.6) is 17.4 Å². The Kier molecular flexibility index (Phi) is 6.93. The average Bonchev–Trinajstić information content (AvgIpc) is 2.87. The Labute approximate surface area is 197 Å². The van der Waals surface area contributed by atoms with E-state index >= 15 is 0 Å². The van der Waals surface area contributed by atoms with Crippen LogP contribution in [0.1, 0.15) is 29.8 Å². The maximum atomic E-state index is 13.2. The minimum atomic E-state index is -0.804. The van der Waals surface area contributed by atoms with Gasteiger partial charge in [0.05, 0.1) is 12.8 Å². The number of nitrogens with two attached hydrogens (primary N) is 1. The van der Waals surface area contributed by atoms with E-state index in [-0.39, 0.29) is 17.7 Å². The van der Waals surface area contributed by atoms with Crippen molar-refractivity contribution >= 4 is 17.5 Å². The quantitative estimate of drug-likeness (QED) is 0.519. The molecule has 1 atom stereocenters. The summed E-state index contributed by atoms with van der Waals surface area (Å²) in [4.78, 5) is 36.1. The third-order valence-electron chi connectivity index (χ3n) is 5.66. The number of ether oxygens (including phenoxy) is 2. The van der Waals surface area contributed by atoms with Gasteiger partial charge < -0.3 is 24.5 Å². The number of fused-ring (bicyclic) bond motifs is 1. The Bertz CT molecular complexity index is 1180. The average molecular weight is 463 g/mol. The highest BCUT2D eigenvalue weighted by molar-refractivity contribution is 5.98. The first-order valence-corrected chi connectivity index (χ1v) is 10.8. The summed E-state index contributed by atoms with van der Waals surface area (Å²) in [6.07, 6.45) is 0.508. The first-order valence-electron chi connectivity index (χ1n) is 10.8.